The van der Waals surface area contributed by atoms with Crippen molar-refractivity contribution in [3.63, 3.8) is 0 Å². The summed E-state index contributed by atoms with van der Waals surface area (Å²) in [5, 5.41) is 10.1. The lowest BCUT2D eigenvalue weighted by atomic mass is 10.0. The highest BCUT2D eigenvalue weighted by Crippen LogP contribution is 2.24. The van der Waals surface area contributed by atoms with Gasteiger partial charge in [-0.3, -0.25) is 4.79 Å². The Morgan fingerprint density at radius 2 is 2.05 bits per heavy atom. The second-order valence-corrected chi connectivity index (χ2v) is 5.10. The molecule has 104 valence electrons. The Morgan fingerprint density at radius 3 is 2.85 bits per heavy atom. The maximum Gasteiger partial charge on any atom is 0.326 e. The molecule has 2 heterocycles. The van der Waals surface area contributed by atoms with Gasteiger partial charge in [0.15, 0.2) is 0 Å². The average molecular weight is 272 g/mol. The zero-order valence-electron chi connectivity index (χ0n) is 11.0. The minimum Gasteiger partial charge on any atom is -0.480 e. The molecule has 1 aliphatic heterocycles. The van der Waals surface area contributed by atoms with Gasteiger partial charge in [0, 0.05) is 23.6 Å². The molecule has 1 amide bonds. The third-order valence-electron chi connectivity index (χ3n) is 3.87. The van der Waals surface area contributed by atoms with E-state index < -0.39 is 12.0 Å². The van der Waals surface area contributed by atoms with Crippen molar-refractivity contribution in [3.8, 4) is 0 Å². The number of para-hydroxylation sites is 1. The number of aromatic nitrogens is 1. The zero-order chi connectivity index (χ0) is 14.1. The number of benzene rings is 1. The molecule has 0 spiro atoms. The SMILES string of the molecule is O=C(O)C1CCCCN1C(=O)c1c[nH]c2ccccc12. The van der Waals surface area contributed by atoms with Crippen LogP contribution in [0, 0.1) is 0 Å². The molecule has 3 rings (SSSR count). The van der Waals surface area contributed by atoms with Crippen molar-refractivity contribution >= 4 is 22.8 Å². The number of nitrogens with zero attached hydrogens (tertiary/aromatic N) is 1. The molecule has 1 aromatic carbocycles. The monoisotopic (exact) mass is 272 g/mol. The lowest BCUT2D eigenvalue weighted by Gasteiger charge is -2.32. The van der Waals surface area contributed by atoms with Gasteiger partial charge in [0.1, 0.15) is 6.04 Å². The van der Waals surface area contributed by atoms with Gasteiger partial charge in [-0.05, 0) is 25.3 Å². The molecule has 5 nitrogen and oxygen atoms in total. The number of nitrogens with one attached hydrogen (secondary N) is 1. The van der Waals surface area contributed by atoms with E-state index in [4.69, 9.17) is 0 Å². The van der Waals surface area contributed by atoms with Gasteiger partial charge < -0.3 is 15.0 Å². The first-order chi connectivity index (χ1) is 9.68. The second kappa shape index (κ2) is 5.00. The van der Waals surface area contributed by atoms with E-state index in [1.807, 2.05) is 24.3 Å². The lowest BCUT2D eigenvalue weighted by Crippen LogP contribution is -2.47. The molecule has 0 aliphatic carbocycles. The van der Waals surface area contributed by atoms with E-state index in [0.717, 1.165) is 23.7 Å². The fraction of sp³-hybridized carbons (Fsp3) is 0.333. The molecule has 1 saturated heterocycles. The van der Waals surface area contributed by atoms with Crippen molar-refractivity contribution in [1.29, 1.82) is 0 Å². The van der Waals surface area contributed by atoms with Gasteiger partial charge in [0.2, 0.25) is 0 Å². The maximum atomic E-state index is 12.6. The average Bonchev–Trinajstić information content (AvgIpc) is 2.90. The first-order valence-electron chi connectivity index (χ1n) is 6.78. The van der Waals surface area contributed by atoms with Crippen molar-refractivity contribution < 1.29 is 14.7 Å². The third-order valence-corrected chi connectivity index (χ3v) is 3.87. The number of aliphatic carboxylic acids is 1. The molecule has 1 aromatic heterocycles. The van der Waals surface area contributed by atoms with E-state index in [9.17, 15) is 14.7 Å². The van der Waals surface area contributed by atoms with Crippen LogP contribution in [0.5, 0.6) is 0 Å². The minimum atomic E-state index is -0.919. The summed E-state index contributed by atoms with van der Waals surface area (Å²) < 4.78 is 0. The van der Waals surface area contributed by atoms with E-state index in [1.54, 1.807) is 6.20 Å². The summed E-state index contributed by atoms with van der Waals surface area (Å²) in [5.41, 5.74) is 1.44. The van der Waals surface area contributed by atoms with Crippen molar-refractivity contribution in [2.75, 3.05) is 6.54 Å². The first-order valence-corrected chi connectivity index (χ1v) is 6.78. The lowest BCUT2D eigenvalue weighted by molar-refractivity contribution is -0.143. The Kier molecular flexibility index (Phi) is 3.18. The third kappa shape index (κ3) is 2.05. The zero-order valence-corrected chi connectivity index (χ0v) is 11.0. The summed E-state index contributed by atoms with van der Waals surface area (Å²) in [6.07, 6.45) is 3.91. The van der Waals surface area contributed by atoms with Crippen LogP contribution in [0.3, 0.4) is 0 Å². The van der Waals surface area contributed by atoms with E-state index in [1.165, 1.54) is 4.90 Å². The van der Waals surface area contributed by atoms with Gasteiger partial charge in [-0.2, -0.15) is 0 Å². The molecule has 5 heteroatoms. The highest BCUT2D eigenvalue weighted by molar-refractivity contribution is 6.07. The Hall–Kier alpha value is -2.30. The number of carboxylic acid groups (broad SMARTS) is 1. The molecule has 1 fully saturated rings. The van der Waals surface area contributed by atoms with Crippen LogP contribution in [0.25, 0.3) is 10.9 Å². The summed E-state index contributed by atoms with van der Waals surface area (Å²) >= 11 is 0. The van der Waals surface area contributed by atoms with E-state index in [2.05, 4.69) is 4.98 Å². The molecular weight excluding hydrogens is 256 g/mol. The summed E-state index contributed by atoms with van der Waals surface area (Å²) in [7, 11) is 0. The van der Waals surface area contributed by atoms with Gasteiger partial charge >= 0.3 is 5.97 Å². The fourth-order valence-electron chi connectivity index (χ4n) is 2.83. The van der Waals surface area contributed by atoms with Crippen LogP contribution in [0.4, 0.5) is 0 Å². The van der Waals surface area contributed by atoms with Crippen LogP contribution >= 0.6 is 0 Å². The summed E-state index contributed by atoms with van der Waals surface area (Å²) in [6.45, 7) is 0.509. The number of carbonyl (C=O) groups is 2. The number of hydrogen-bond acceptors (Lipinski definition) is 2. The fourth-order valence-corrected chi connectivity index (χ4v) is 2.83. The van der Waals surface area contributed by atoms with E-state index >= 15 is 0 Å². The summed E-state index contributed by atoms with van der Waals surface area (Å²) in [4.78, 5) is 28.5. The Labute approximate surface area is 116 Å². The number of likely N-dealkylation sites (tertiary alicyclic amines) is 1. The molecule has 2 N–H and O–H groups in total. The minimum absolute atomic E-state index is 0.199. The van der Waals surface area contributed by atoms with Crippen LogP contribution in [0.15, 0.2) is 30.5 Å². The predicted octanol–water partition coefficient (Wildman–Crippen LogP) is 2.25. The maximum absolute atomic E-state index is 12.6. The van der Waals surface area contributed by atoms with Crippen LogP contribution in [0.2, 0.25) is 0 Å². The number of hydrogen-bond donors (Lipinski definition) is 2. The smallest absolute Gasteiger partial charge is 0.326 e. The number of carbonyl (C=O) groups excluding carboxylic acids is 1. The van der Waals surface area contributed by atoms with E-state index in [0.29, 0.717) is 18.5 Å². The van der Waals surface area contributed by atoms with Crippen molar-refractivity contribution in [1.82, 2.24) is 9.88 Å². The molecule has 20 heavy (non-hydrogen) atoms. The predicted molar refractivity (Wildman–Crippen MR) is 74.6 cm³/mol. The molecule has 1 atom stereocenters. The molecule has 0 saturated carbocycles. The Morgan fingerprint density at radius 1 is 1.25 bits per heavy atom. The van der Waals surface area contributed by atoms with Crippen LogP contribution in [-0.4, -0.2) is 39.5 Å². The number of rotatable bonds is 2. The summed E-state index contributed by atoms with van der Waals surface area (Å²) in [5.74, 6) is -1.12. The topological polar surface area (TPSA) is 73.4 Å². The first kappa shape index (κ1) is 12.7. The molecular formula is C15H16N2O3. The largest absolute Gasteiger partial charge is 0.480 e. The van der Waals surface area contributed by atoms with Crippen molar-refractivity contribution in [2.45, 2.75) is 25.3 Å². The number of H-pyrrole nitrogens is 1. The standard InChI is InChI=1S/C15H16N2O3/c18-14(17-8-4-3-7-13(17)15(19)20)11-9-16-12-6-2-1-5-10(11)12/h1-2,5-6,9,13,16H,3-4,7-8H2,(H,19,20). The highest BCUT2D eigenvalue weighted by atomic mass is 16.4. The molecule has 0 radical (unpaired) electrons. The molecule has 1 unspecified atom stereocenters. The van der Waals surface area contributed by atoms with E-state index in [-0.39, 0.29) is 5.91 Å². The Balaban J connectivity index is 1.96. The van der Waals surface area contributed by atoms with Crippen LogP contribution in [-0.2, 0) is 4.79 Å². The molecule has 1 aliphatic rings. The van der Waals surface area contributed by atoms with Gasteiger partial charge in [-0.15, -0.1) is 0 Å². The summed E-state index contributed by atoms with van der Waals surface area (Å²) in [6, 6.07) is 6.84. The van der Waals surface area contributed by atoms with Gasteiger partial charge in [0.25, 0.3) is 5.91 Å². The number of fused-ring (bicyclic) bond motifs is 1. The number of piperidine rings is 1. The molecule has 2 aromatic rings. The van der Waals surface area contributed by atoms with Crippen LogP contribution in [0.1, 0.15) is 29.6 Å². The second-order valence-electron chi connectivity index (χ2n) is 5.10. The van der Waals surface area contributed by atoms with Crippen LogP contribution < -0.4 is 0 Å². The highest BCUT2D eigenvalue weighted by Gasteiger charge is 2.33. The number of carboxylic acids is 1. The van der Waals surface area contributed by atoms with Crippen molar-refractivity contribution in [2.24, 2.45) is 0 Å². The van der Waals surface area contributed by atoms with Gasteiger partial charge in [-0.1, -0.05) is 18.2 Å². The normalized spacial score (nSPS) is 19.2. The Bertz CT molecular complexity index is 662. The number of aromatic amines is 1. The molecule has 0 bridgehead atoms. The number of amides is 1. The van der Waals surface area contributed by atoms with Crippen molar-refractivity contribution in [3.05, 3.63) is 36.0 Å². The van der Waals surface area contributed by atoms with Gasteiger partial charge in [-0.25, -0.2) is 4.79 Å². The van der Waals surface area contributed by atoms with Gasteiger partial charge in [0.05, 0.1) is 5.56 Å². The quantitative estimate of drug-likeness (QED) is 0.880.